The molecule has 1 aromatic rings. The summed E-state index contributed by atoms with van der Waals surface area (Å²) >= 11 is 9.46. The van der Waals surface area contributed by atoms with Crippen molar-refractivity contribution in [3.8, 4) is 11.5 Å². The van der Waals surface area contributed by atoms with Gasteiger partial charge in [-0.3, -0.25) is 4.79 Å². The topological polar surface area (TPSA) is 55.8 Å². The number of hydrogen-bond acceptors (Lipinski definition) is 3. The number of carbonyl (C=O) groups is 1. The van der Waals surface area contributed by atoms with Crippen LogP contribution in [0.2, 0.25) is 5.02 Å². The van der Waals surface area contributed by atoms with Crippen LogP contribution in [-0.4, -0.2) is 25.3 Å². The predicted molar refractivity (Wildman–Crippen MR) is 72.8 cm³/mol. The van der Waals surface area contributed by atoms with Crippen LogP contribution in [0.4, 0.5) is 0 Å². The quantitative estimate of drug-likeness (QED) is 0.895. The van der Waals surface area contributed by atoms with Crippen LogP contribution < -0.4 is 9.47 Å². The number of carboxylic acid groups (broad SMARTS) is 1. The molecule has 1 N–H and O–H groups in total. The van der Waals surface area contributed by atoms with Crippen molar-refractivity contribution in [1.82, 2.24) is 0 Å². The minimum Gasteiger partial charge on any atom is -0.492 e. The maximum Gasteiger partial charge on any atom is 0.306 e. The highest BCUT2D eigenvalue weighted by Crippen LogP contribution is 2.42. The van der Waals surface area contributed by atoms with E-state index >= 15 is 0 Å². The van der Waals surface area contributed by atoms with E-state index < -0.39 is 11.9 Å². The van der Waals surface area contributed by atoms with Gasteiger partial charge in [0, 0.05) is 10.6 Å². The molecule has 6 heteroatoms. The maximum atomic E-state index is 10.9. The van der Waals surface area contributed by atoms with E-state index in [1.165, 1.54) is 14.2 Å². The molecule has 100 valence electrons. The Morgan fingerprint density at radius 2 is 2.00 bits per heavy atom. The van der Waals surface area contributed by atoms with E-state index in [-0.39, 0.29) is 6.42 Å². The molecule has 1 unspecified atom stereocenters. The van der Waals surface area contributed by atoms with Gasteiger partial charge in [-0.1, -0.05) is 18.5 Å². The van der Waals surface area contributed by atoms with Gasteiger partial charge in [-0.2, -0.15) is 0 Å². The van der Waals surface area contributed by atoms with Gasteiger partial charge in [0.2, 0.25) is 0 Å². The first-order valence-corrected chi connectivity index (χ1v) is 6.41. The number of halogens is 2. The van der Waals surface area contributed by atoms with Gasteiger partial charge in [-0.15, -0.1) is 0 Å². The Morgan fingerprint density at radius 3 is 2.44 bits per heavy atom. The van der Waals surface area contributed by atoms with Crippen LogP contribution in [-0.2, 0) is 11.2 Å². The molecule has 1 atom stereocenters. The first kappa shape index (κ1) is 15.1. The van der Waals surface area contributed by atoms with E-state index in [0.717, 1.165) is 0 Å². The SMILES string of the molecule is COc1c(Br)cc(Cl)c(CC(C)C(=O)O)c1OC. The smallest absolute Gasteiger partial charge is 0.306 e. The lowest BCUT2D eigenvalue weighted by Gasteiger charge is -2.17. The van der Waals surface area contributed by atoms with E-state index in [1.807, 2.05) is 0 Å². The second-order valence-corrected chi connectivity index (χ2v) is 5.09. The Bertz CT molecular complexity index is 462. The molecule has 0 heterocycles. The Balaban J connectivity index is 3.29. The van der Waals surface area contributed by atoms with Gasteiger partial charge >= 0.3 is 5.97 Å². The largest absolute Gasteiger partial charge is 0.492 e. The van der Waals surface area contributed by atoms with Gasteiger partial charge in [0.1, 0.15) is 0 Å². The van der Waals surface area contributed by atoms with Crippen molar-refractivity contribution in [2.75, 3.05) is 14.2 Å². The molecule has 1 aromatic carbocycles. The second kappa shape index (κ2) is 6.29. The van der Waals surface area contributed by atoms with Crippen LogP contribution in [0.5, 0.6) is 11.5 Å². The Hall–Kier alpha value is -0.940. The lowest BCUT2D eigenvalue weighted by Crippen LogP contribution is -2.13. The lowest BCUT2D eigenvalue weighted by molar-refractivity contribution is -0.141. The molecule has 0 amide bonds. The number of benzene rings is 1. The Morgan fingerprint density at radius 1 is 1.44 bits per heavy atom. The summed E-state index contributed by atoms with van der Waals surface area (Å²) in [5, 5.41) is 9.41. The monoisotopic (exact) mass is 336 g/mol. The third-order valence-electron chi connectivity index (χ3n) is 2.58. The van der Waals surface area contributed by atoms with E-state index in [2.05, 4.69) is 15.9 Å². The Labute approximate surface area is 119 Å². The number of rotatable bonds is 5. The average molecular weight is 338 g/mol. The molecule has 4 nitrogen and oxygen atoms in total. The molecule has 0 fully saturated rings. The predicted octanol–water partition coefficient (Wildman–Crippen LogP) is 3.38. The van der Waals surface area contributed by atoms with Gasteiger partial charge < -0.3 is 14.6 Å². The van der Waals surface area contributed by atoms with Gasteiger partial charge in [-0.05, 0) is 28.4 Å². The fourth-order valence-corrected chi connectivity index (χ4v) is 2.58. The van der Waals surface area contributed by atoms with Crippen LogP contribution in [0.3, 0.4) is 0 Å². The van der Waals surface area contributed by atoms with Gasteiger partial charge in [0.05, 0.1) is 24.6 Å². The summed E-state index contributed by atoms with van der Waals surface area (Å²) in [6.07, 6.45) is 0.279. The summed E-state index contributed by atoms with van der Waals surface area (Å²) in [7, 11) is 3.01. The molecule has 18 heavy (non-hydrogen) atoms. The van der Waals surface area contributed by atoms with E-state index in [1.54, 1.807) is 13.0 Å². The third-order valence-corrected chi connectivity index (χ3v) is 3.51. The van der Waals surface area contributed by atoms with Crippen molar-refractivity contribution >= 4 is 33.5 Å². The highest BCUT2D eigenvalue weighted by atomic mass is 79.9. The van der Waals surface area contributed by atoms with Crippen molar-refractivity contribution < 1.29 is 19.4 Å². The number of ether oxygens (including phenoxy) is 2. The summed E-state index contributed by atoms with van der Waals surface area (Å²) in [6, 6.07) is 1.67. The molecule has 0 spiro atoms. The molecular formula is C12H14BrClO4. The summed E-state index contributed by atoms with van der Waals surface area (Å²) in [6.45, 7) is 1.62. The number of aliphatic carboxylic acids is 1. The van der Waals surface area contributed by atoms with E-state index in [9.17, 15) is 4.79 Å². The van der Waals surface area contributed by atoms with Gasteiger partial charge in [0.25, 0.3) is 0 Å². The van der Waals surface area contributed by atoms with Crippen LogP contribution in [0.1, 0.15) is 12.5 Å². The normalized spacial score (nSPS) is 12.1. The number of carboxylic acids is 1. The first-order chi connectivity index (χ1) is 8.42. The van der Waals surface area contributed by atoms with Crippen LogP contribution in [0, 0.1) is 5.92 Å². The molecule has 0 saturated carbocycles. The van der Waals surface area contributed by atoms with Crippen molar-refractivity contribution in [1.29, 1.82) is 0 Å². The van der Waals surface area contributed by atoms with Gasteiger partial charge in [0.15, 0.2) is 11.5 Å². The number of hydrogen-bond donors (Lipinski definition) is 1. The molecule has 0 aromatic heterocycles. The molecular weight excluding hydrogens is 323 g/mol. The summed E-state index contributed by atoms with van der Waals surface area (Å²) in [5.41, 5.74) is 0.633. The van der Waals surface area contributed by atoms with Crippen LogP contribution >= 0.6 is 27.5 Å². The lowest BCUT2D eigenvalue weighted by atomic mass is 10.00. The minimum atomic E-state index is -0.880. The molecule has 0 bridgehead atoms. The fourth-order valence-electron chi connectivity index (χ4n) is 1.61. The zero-order valence-corrected chi connectivity index (χ0v) is 12.6. The van der Waals surface area contributed by atoms with Crippen molar-refractivity contribution in [2.24, 2.45) is 5.92 Å². The zero-order valence-electron chi connectivity index (χ0n) is 10.3. The molecule has 0 aliphatic carbocycles. The van der Waals surface area contributed by atoms with Crippen molar-refractivity contribution in [3.63, 3.8) is 0 Å². The summed E-state index contributed by atoms with van der Waals surface area (Å²) in [5.74, 6) is -0.461. The van der Waals surface area contributed by atoms with Crippen LogP contribution in [0.15, 0.2) is 10.5 Å². The summed E-state index contributed by atoms with van der Waals surface area (Å²) in [4.78, 5) is 10.9. The molecule has 0 aliphatic rings. The number of methoxy groups -OCH3 is 2. The highest BCUT2D eigenvalue weighted by molar-refractivity contribution is 9.10. The second-order valence-electron chi connectivity index (χ2n) is 3.83. The molecule has 1 rings (SSSR count). The third kappa shape index (κ3) is 3.09. The van der Waals surface area contributed by atoms with Crippen LogP contribution in [0.25, 0.3) is 0 Å². The Kier molecular flexibility index (Phi) is 5.28. The van der Waals surface area contributed by atoms with Crippen molar-refractivity contribution in [2.45, 2.75) is 13.3 Å². The summed E-state index contributed by atoms with van der Waals surface area (Å²) < 4.78 is 11.2. The molecule has 0 aliphatic heterocycles. The molecule has 0 radical (unpaired) electrons. The van der Waals surface area contributed by atoms with Crippen molar-refractivity contribution in [3.05, 3.63) is 21.1 Å². The molecule has 0 saturated heterocycles. The first-order valence-electron chi connectivity index (χ1n) is 5.24. The van der Waals surface area contributed by atoms with E-state index in [4.69, 9.17) is 26.2 Å². The highest BCUT2D eigenvalue weighted by Gasteiger charge is 2.22. The minimum absolute atomic E-state index is 0.279. The average Bonchev–Trinajstić information content (AvgIpc) is 2.31. The van der Waals surface area contributed by atoms with E-state index in [0.29, 0.717) is 26.6 Å². The van der Waals surface area contributed by atoms with Gasteiger partial charge in [-0.25, -0.2) is 0 Å². The standard InChI is InChI=1S/C12H14BrClO4/c1-6(12(15)16)4-7-9(14)5-8(13)11(18-3)10(7)17-2/h5-6H,4H2,1-3H3,(H,15,16). The fraction of sp³-hybridized carbons (Fsp3) is 0.417. The maximum absolute atomic E-state index is 10.9. The zero-order chi connectivity index (χ0) is 13.9.